The molecule has 1 saturated carbocycles. The van der Waals surface area contributed by atoms with E-state index in [4.69, 9.17) is 9.47 Å². The maximum atomic E-state index is 10.6. The van der Waals surface area contributed by atoms with E-state index in [1.54, 1.807) is 7.11 Å². The van der Waals surface area contributed by atoms with Crippen LogP contribution in [0, 0.1) is 0 Å². The van der Waals surface area contributed by atoms with Crippen molar-refractivity contribution < 1.29 is 19.7 Å². The van der Waals surface area contributed by atoms with Crippen LogP contribution in [-0.4, -0.2) is 47.7 Å². The Morgan fingerprint density at radius 2 is 2.26 bits per heavy atom. The van der Waals surface area contributed by atoms with Gasteiger partial charge in [-0.1, -0.05) is 0 Å². The number of hydrogen-bond acceptors (Lipinski definition) is 5. The summed E-state index contributed by atoms with van der Waals surface area (Å²) in [5.74, 6) is -0.278. The maximum absolute atomic E-state index is 10.6. The number of phenols is 1. The van der Waals surface area contributed by atoms with E-state index in [9.17, 15) is 10.2 Å². The molecule has 4 aliphatic rings. The Labute approximate surface area is 135 Å². The van der Waals surface area contributed by atoms with Gasteiger partial charge >= 0.3 is 0 Å². The second kappa shape index (κ2) is 4.21. The minimum Gasteiger partial charge on any atom is -0.504 e. The first-order chi connectivity index (χ1) is 11.0. The molecule has 1 spiro atoms. The van der Waals surface area contributed by atoms with Crippen molar-refractivity contribution in [1.29, 1.82) is 0 Å². The normalized spacial score (nSPS) is 40.7. The lowest BCUT2D eigenvalue weighted by atomic mass is 9.65. The van der Waals surface area contributed by atoms with Gasteiger partial charge < -0.3 is 19.7 Å². The zero-order valence-electron chi connectivity index (χ0n) is 13.6. The fourth-order valence-electron chi connectivity index (χ4n) is 5.56. The Hall–Kier alpha value is -1.30. The number of nitrogens with zero attached hydrogens (tertiary/aromatic N) is 1. The van der Waals surface area contributed by atoms with Crippen molar-refractivity contribution in [3.63, 3.8) is 0 Å². The van der Waals surface area contributed by atoms with E-state index in [0.29, 0.717) is 24.6 Å². The molecular formula is C18H23NO4. The quantitative estimate of drug-likeness (QED) is 0.827. The van der Waals surface area contributed by atoms with Crippen LogP contribution in [-0.2, 0) is 16.6 Å². The van der Waals surface area contributed by atoms with Crippen LogP contribution >= 0.6 is 0 Å². The Morgan fingerprint density at radius 1 is 1.43 bits per heavy atom. The second-order valence-electron chi connectivity index (χ2n) is 7.75. The SMILES string of the molecule is CO[C@@]12C[C@]3(CC[C@@H]1O)C[C@H]1c4c(cc(O)c(c43)O2)CCN1C. The average molecular weight is 317 g/mol. The lowest BCUT2D eigenvalue weighted by Gasteiger charge is -2.52. The number of benzene rings is 1. The van der Waals surface area contributed by atoms with Crippen molar-refractivity contribution in [3.8, 4) is 11.5 Å². The number of phenolic OH excluding ortho intramolecular Hbond substituents is 1. The minimum atomic E-state index is -1.02. The molecule has 5 heteroatoms. The van der Waals surface area contributed by atoms with Gasteiger partial charge in [0.15, 0.2) is 11.5 Å². The summed E-state index contributed by atoms with van der Waals surface area (Å²) in [6.45, 7) is 1.02. The molecule has 0 unspecified atom stereocenters. The van der Waals surface area contributed by atoms with E-state index in [1.807, 2.05) is 6.07 Å². The Balaban J connectivity index is 1.79. The molecule has 1 aromatic carbocycles. The molecule has 1 fully saturated rings. The summed E-state index contributed by atoms with van der Waals surface area (Å²) >= 11 is 0. The van der Waals surface area contributed by atoms with Gasteiger partial charge in [-0.15, -0.1) is 0 Å². The van der Waals surface area contributed by atoms with Gasteiger partial charge in [-0.3, -0.25) is 4.90 Å². The molecule has 4 atom stereocenters. The smallest absolute Gasteiger partial charge is 0.237 e. The fourth-order valence-corrected chi connectivity index (χ4v) is 5.56. The second-order valence-corrected chi connectivity index (χ2v) is 7.75. The number of ether oxygens (including phenoxy) is 2. The largest absolute Gasteiger partial charge is 0.504 e. The molecule has 2 aliphatic heterocycles. The topological polar surface area (TPSA) is 62.2 Å². The van der Waals surface area contributed by atoms with Gasteiger partial charge in [-0.05, 0) is 49.9 Å². The monoisotopic (exact) mass is 317 g/mol. The van der Waals surface area contributed by atoms with Crippen LogP contribution in [0.5, 0.6) is 11.5 Å². The zero-order valence-corrected chi connectivity index (χ0v) is 13.6. The molecule has 2 heterocycles. The molecule has 0 saturated heterocycles. The van der Waals surface area contributed by atoms with Crippen LogP contribution in [0.25, 0.3) is 0 Å². The summed E-state index contributed by atoms with van der Waals surface area (Å²) in [5.41, 5.74) is 3.78. The van der Waals surface area contributed by atoms with E-state index < -0.39 is 11.9 Å². The van der Waals surface area contributed by atoms with Crippen LogP contribution in [0.1, 0.15) is 48.4 Å². The molecule has 0 amide bonds. The minimum absolute atomic E-state index is 0.0467. The van der Waals surface area contributed by atoms with Crippen molar-refractivity contribution in [1.82, 2.24) is 4.90 Å². The summed E-state index contributed by atoms with van der Waals surface area (Å²) in [6.07, 6.45) is 3.62. The first kappa shape index (κ1) is 14.1. The van der Waals surface area contributed by atoms with E-state index in [2.05, 4.69) is 11.9 Å². The van der Waals surface area contributed by atoms with Gasteiger partial charge in [0.25, 0.3) is 0 Å². The number of aliphatic hydroxyl groups is 1. The first-order valence-electron chi connectivity index (χ1n) is 8.51. The summed E-state index contributed by atoms with van der Waals surface area (Å²) < 4.78 is 11.8. The maximum Gasteiger partial charge on any atom is 0.237 e. The molecule has 5 nitrogen and oxygen atoms in total. The highest BCUT2D eigenvalue weighted by Crippen LogP contribution is 2.65. The number of likely N-dealkylation sites (N-methyl/N-ethyl adjacent to an activating group) is 1. The number of rotatable bonds is 1. The Morgan fingerprint density at radius 3 is 3.04 bits per heavy atom. The third-order valence-electron chi connectivity index (χ3n) is 6.71. The number of aromatic hydroxyl groups is 1. The van der Waals surface area contributed by atoms with Crippen molar-refractivity contribution in [2.75, 3.05) is 20.7 Å². The molecule has 1 aromatic rings. The molecule has 2 bridgehead atoms. The highest BCUT2D eigenvalue weighted by atomic mass is 16.7. The Bertz CT molecular complexity index is 705. The van der Waals surface area contributed by atoms with E-state index in [-0.39, 0.29) is 11.2 Å². The van der Waals surface area contributed by atoms with Gasteiger partial charge in [0.2, 0.25) is 5.79 Å². The molecule has 23 heavy (non-hydrogen) atoms. The van der Waals surface area contributed by atoms with Crippen LogP contribution in [0.2, 0.25) is 0 Å². The molecule has 0 radical (unpaired) electrons. The lowest BCUT2D eigenvalue weighted by molar-refractivity contribution is -0.261. The molecule has 0 aromatic heterocycles. The number of methoxy groups -OCH3 is 1. The predicted octanol–water partition coefficient (Wildman–Crippen LogP) is 1.84. The lowest BCUT2D eigenvalue weighted by Crippen LogP contribution is -2.59. The summed E-state index contributed by atoms with van der Waals surface area (Å²) in [6, 6.07) is 2.25. The fraction of sp³-hybridized carbons (Fsp3) is 0.667. The molecule has 5 rings (SSSR count). The summed E-state index contributed by atoms with van der Waals surface area (Å²) in [4.78, 5) is 2.42. The molecule has 124 valence electrons. The first-order valence-corrected chi connectivity index (χ1v) is 8.51. The number of aliphatic hydroxyl groups excluding tert-OH is 1. The third kappa shape index (κ3) is 1.53. The van der Waals surface area contributed by atoms with Crippen LogP contribution in [0.3, 0.4) is 0 Å². The van der Waals surface area contributed by atoms with Crippen LogP contribution in [0.15, 0.2) is 6.07 Å². The molecule has 2 N–H and O–H groups in total. The summed E-state index contributed by atoms with van der Waals surface area (Å²) in [7, 11) is 3.78. The third-order valence-corrected chi connectivity index (χ3v) is 6.71. The van der Waals surface area contributed by atoms with Crippen LogP contribution < -0.4 is 4.74 Å². The van der Waals surface area contributed by atoms with Crippen molar-refractivity contribution in [2.24, 2.45) is 0 Å². The number of hydrogen-bond donors (Lipinski definition) is 2. The zero-order chi connectivity index (χ0) is 16.0. The van der Waals surface area contributed by atoms with E-state index in [0.717, 1.165) is 25.8 Å². The van der Waals surface area contributed by atoms with Gasteiger partial charge in [-0.2, -0.15) is 0 Å². The van der Waals surface area contributed by atoms with E-state index in [1.165, 1.54) is 16.7 Å². The predicted molar refractivity (Wildman–Crippen MR) is 83.7 cm³/mol. The van der Waals surface area contributed by atoms with Crippen molar-refractivity contribution >= 4 is 0 Å². The van der Waals surface area contributed by atoms with Gasteiger partial charge in [0.1, 0.15) is 6.10 Å². The van der Waals surface area contributed by atoms with E-state index >= 15 is 0 Å². The average Bonchev–Trinajstić information content (AvgIpc) is 2.88. The van der Waals surface area contributed by atoms with Gasteiger partial charge in [0, 0.05) is 37.1 Å². The number of fused-ring (bicyclic) bond motifs is 1. The van der Waals surface area contributed by atoms with Crippen molar-refractivity contribution in [2.45, 2.75) is 55.5 Å². The molecular weight excluding hydrogens is 294 g/mol. The molecule has 2 aliphatic carbocycles. The Kier molecular flexibility index (Phi) is 2.57. The van der Waals surface area contributed by atoms with Crippen molar-refractivity contribution in [3.05, 3.63) is 22.8 Å². The van der Waals surface area contributed by atoms with Gasteiger partial charge in [0.05, 0.1) is 0 Å². The van der Waals surface area contributed by atoms with Gasteiger partial charge in [-0.25, -0.2) is 0 Å². The highest BCUT2D eigenvalue weighted by molar-refractivity contribution is 5.63. The standard InChI is InChI=1S/C18H23NO4/c1-19-6-4-10-7-12(20)16-15-14(10)11(19)8-17(15)5-3-13(21)18(9-17,22-2)23-16/h7,11,13,20-21H,3-6,8-9H2,1-2H3/t11-,13-,17-,18+/m0/s1. The summed E-state index contributed by atoms with van der Waals surface area (Å²) in [5, 5.41) is 21.1. The van der Waals surface area contributed by atoms with Crippen LogP contribution in [0.4, 0.5) is 0 Å². The highest BCUT2D eigenvalue weighted by Gasteiger charge is 2.62.